The van der Waals surface area contributed by atoms with Gasteiger partial charge in [0, 0.05) is 25.7 Å². The van der Waals surface area contributed by atoms with E-state index in [-0.39, 0.29) is 0 Å². The Bertz CT molecular complexity index is 552. The predicted octanol–water partition coefficient (Wildman–Crippen LogP) is 3.78. The molecule has 0 saturated carbocycles. The van der Waals surface area contributed by atoms with E-state index in [1.165, 1.54) is 0 Å². The smallest absolute Gasteiger partial charge is 0.0952 e. The maximum Gasteiger partial charge on any atom is 0.0952 e. The Hall–Kier alpha value is -1.03. The summed E-state index contributed by atoms with van der Waals surface area (Å²) in [7, 11) is 0. The molecule has 3 nitrogen and oxygen atoms in total. The Balaban J connectivity index is 1.90. The SMILES string of the molecule is CCCNCCc1cn(Cc2ccc(Cl)c(Cl)c2)cn1. The molecular weight excluding hydrogens is 293 g/mol. The summed E-state index contributed by atoms with van der Waals surface area (Å²) in [6, 6.07) is 5.70. The fraction of sp³-hybridized carbons (Fsp3) is 0.400. The molecule has 20 heavy (non-hydrogen) atoms. The third-order valence-corrected chi connectivity index (χ3v) is 3.76. The molecule has 0 spiro atoms. The van der Waals surface area contributed by atoms with Crippen molar-refractivity contribution in [3.63, 3.8) is 0 Å². The topological polar surface area (TPSA) is 29.9 Å². The van der Waals surface area contributed by atoms with Gasteiger partial charge in [0.1, 0.15) is 0 Å². The lowest BCUT2D eigenvalue weighted by molar-refractivity contribution is 0.666. The molecule has 1 heterocycles. The minimum atomic E-state index is 0.587. The summed E-state index contributed by atoms with van der Waals surface area (Å²) in [6.07, 6.45) is 6.05. The van der Waals surface area contributed by atoms with E-state index in [1.54, 1.807) is 0 Å². The third kappa shape index (κ3) is 4.51. The first-order chi connectivity index (χ1) is 9.69. The largest absolute Gasteiger partial charge is 0.333 e. The van der Waals surface area contributed by atoms with Crippen molar-refractivity contribution < 1.29 is 0 Å². The maximum atomic E-state index is 6.02. The van der Waals surface area contributed by atoms with Crippen LogP contribution in [0.4, 0.5) is 0 Å². The number of imidazole rings is 1. The first-order valence-corrected chi connectivity index (χ1v) is 7.60. The molecule has 108 valence electrons. The second-order valence-corrected chi connectivity index (χ2v) is 5.60. The lowest BCUT2D eigenvalue weighted by Crippen LogP contribution is -2.17. The molecule has 0 amide bonds. The zero-order chi connectivity index (χ0) is 14.4. The highest BCUT2D eigenvalue weighted by molar-refractivity contribution is 6.42. The second kappa shape index (κ2) is 7.67. The molecule has 0 fully saturated rings. The Morgan fingerprint density at radius 3 is 2.80 bits per heavy atom. The van der Waals surface area contributed by atoms with Gasteiger partial charge < -0.3 is 9.88 Å². The number of rotatable bonds is 7. The lowest BCUT2D eigenvalue weighted by atomic mass is 10.2. The highest BCUT2D eigenvalue weighted by atomic mass is 35.5. The fourth-order valence-electron chi connectivity index (χ4n) is 1.99. The highest BCUT2D eigenvalue weighted by Gasteiger charge is 2.02. The first-order valence-electron chi connectivity index (χ1n) is 6.84. The van der Waals surface area contributed by atoms with Crippen LogP contribution in [0.15, 0.2) is 30.7 Å². The summed E-state index contributed by atoms with van der Waals surface area (Å²) in [6.45, 7) is 4.95. The Morgan fingerprint density at radius 1 is 1.20 bits per heavy atom. The quantitative estimate of drug-likeness (QED) is 0.789. The molecule has 0 aliphatic carbocycles. The Labute approximate surface area is 129 Å². The van der Waals surface area contributed by atoms with Crippen LogP contribution in [0.25, 0.3) is 0 Å². The van der Waals surface area contributed by atoms with Crippen molar-refractivity contribution >= 4 is 23.2 Å². The molecule has 0 atom stereocenters. The van der Waals surface area contributed by atoms with Crippen LogP contribution >= 0.6 is 23.2 Å². The zero-order valence-electron chi connectivity index (χ0n) is 11.6. The fourth-order valence-corrected chi connectivity index (χ4v) is 2.31. The van der Waals surface area contributed by atoms with Gasteiger partial charge in [-0.25, -0.2) is 4.98 Å². The summed E-state index contributed by atoms with van der Waals surface area (Å²) in [5.74, 6) is 0. The van der Waals surface area contributed by atoms with E-state index < -0.39 is 0 Å². The van der Waals surface area contributed by atoms with Crippen LogP contribution in [0.1, 0.15) is 24.6 Å². The minimum absolute atomic E-state index is 0.587. The molecule has 2 rings (SSSR count). The van der Waals surface area contributed by atoms with Crippen molar-refractivity contribution in [2.75, 3.05) is 13.1 Å². The van der Waals surface area contributed by atoms with E-state index in [2.05, 4.69) is 28.0 Å². The third-order valence-electron chi connectivity index (χ3n) is 3.02. The number of hydrogen-bond acceptors (Lipinski definition) is 2. The molecule has 1 aromatic carbocycles. The van der Waals surface area contributed by atoms with Gasteiger partial charge in [0.25, 0.3) is 0 Å². The highest BCUT2D eigenvalue weighted by Crippen LogP contribution is 2.22. The first kappa shape index (κ1) is 15.4. The zero-order valence-corrected chi connectivity index (χ0v) is 13.1. The standard InChI is InChI=1S/C15H19Cl2N3/c1-2-6-18-7-5-13-10-20(11-19-13)9-12-3-4-14(16)15(17)8-12/h3-4,8,10-11,18H,2,5-7,9H2,1H3. The summed E-state index contributed by atoms with van der Waals surface area (Å²) in [5.41, 5.74) is 2.22. The van der Waals surface area contributed by atoms with Crippen molar-refractivity contribution in [3.05, 3.63) is 52.0 Å². The van der Waals surface area contributed by atoms with Crippen molar-refractivity contribution in [3.8, 4) is 0 Å². The van der Waals surface area contributed by atoms with Gasteiger partial charge in [-0.2, -0.15) is 0 Å². The summed E-state index contributed by atoms with van der Waals surface area (Å²) in [4.78, 5) is 4.41. The van der Waals surface area contributed by atoms with E-state index in [0.717, 1.165) is 43.7 Å². The number of aromatic nitrogens is 2. The molecule has 0 unspecified atom stereocenters. The molecule has 0 aliphatic rings. The lowest BCUT2D eigenvalue weighted by Gasteiger charge is -2.04. The van der Waals surface area contributed by atoms with Gasteiger partial charge in [0.15, 0.2) is 0 Å². The number of benzene rings is 1. The van der Waals surface area contributed by atoms with Crippen LogP contribution in [0.5, 0.6) is 0 Å². The molecule has 0 bridgehead atoms. The number of halogens is 2. The van der Waals surface area contributed by atoms with Crippen LogP contribution in [0.2, 0.25) is 10.0 Å². The Kier molecular flexibility index (Phi) is 5.89. The minimum Gasteiger partial charge on any atom is -0.333 e. The molecule has 5 heteroatoms. The Morgan fingerprint density at radius 2 is 2.05 bits per heavy atom. The van der Waals surface area contributed by atoms with Crippen molar-refractivity contribution in [1.82, 2.24) is 14.9 Å². The molecular formula is C15H19Cl2N3. The van der Waals surface area contributed by atoms with Gasteiger partial charge in [-0.3, -0.25) is 0 Å². The van der Waals surface area contributed by atoms with Crippen LogP contribution in [-0.2, 0) is 13.0 Å². The number of nitrogens with one attached hydrogen (secondary N) is 1. The number of hydrogen-bond donors (Lipinski definition) is 1. The average Bonchev–Trinajstić information content (AvgIpc) is 2.87. The molecule has 0 aliphatic heterocycles. The van der Waals surface area contributed by atoms with Crippen LogP contribution in [0.3, 0.4) is 0 Å². The van der Waals surface area contributed by atoms with Crippen molar-refractivity contribution in [2.45, 2.75) is 26.3 Å². The number of nitrogens with zero attached hydrogens (tertiary/aromatic N) is 2. The van der Waals surface area contributed by atoms with Gasteiger partial charge >= 0.3 is 0 Å². The predicted molar refractivity (Wildman–Crippen MR) is 84.7 cm³/mol. The van der Waals surface area contributed by atoms with Gasteiger partial charge in [0.05, 0.1) is 22.1 Å². The second-order valence-electron chi connectivity index (χ2n) is 4.79. The van der Waals surface area contributed by atoms with E-state index in [1.807, 2.05) is 24.5 Å². The van der Waals surface area contributed by atoms with Crippen LogP contribution < -0.4 is 5.32 Å². The normalized spacial score (nSPS) is 10.9. The van der Waals surface area contributed by atoms with Crippen molar-refractivity contribution in [1.29, 1.82) is 0 Å². The van der Waals surface area contributed by atoms with Crippen LogP contribution in [0, 0.1) is 0 Å². The molecule has 0 radical (unpaired) electrons. The van der Waals surface area contributed by atoms with Gasteiger partial charge in [0.2, 0.25) is 0 Å². The summed E-state index contributed by atoms with van der Waals surface area (Å²) < 4.78 is 2.06. The van der Waals surface area contributed by atoms with Gasteiger partial charge in [-0.05, 0) is 30.7 Å². The summed E-state index contributed by atoms with van der Waals surface area (Å²) >= 11 is 11.9. The maximum absolute atomic E-state index is 6.02. The molecule has 0 saturated heterocycles. The van der Waals surface area contributed by atoms with Gasteiger partial charge in [-0.1, -0.05) is 36.2 Å². The van der Waals surface area contributed by atoms with E-state index in [9.17, 15) is 0 Å². The van der Waals surface area contributed by atoms with Crippen molar-refractivity contribution in [2.24, 2.45) is 0 Å². The van der Waals surface area contributed by atoms with Gasteiger partial charge in [-0.15, -0.1) is 0 Å². The molecule has 1 aromatic heterocycles. The monoisotopic (exact) mass is 311 g/mol. The molecule has 2 aromatic rings. The molecule has 1 N–H and O–H groups in total. The van der Waals surface area contributed by atoms with E-state index in [4.69, 9.17) is 23.2 Å². The van der Waals surface area contributed by atoms with Crippen LogP contribution in [-0.4, -0.2) is 22.6 Å². The summed E-state index contributed by atoms with van der Waals surface area (Å²) in [5, 5.41) is 4.55. The van der Waals surface area contributed by atoms with E-state index in [0.29, 0.717) is 10.0 Å². The van der Waals surface area contributed by atoms with E-state index >= 15 is 0 Å². The average molecular weight is 312 g/mol.